The molecule has 0 spiro atoms. The Labute approximate surface area is 186 Å². The lowest BCUT2D eigenvalue weighted by Crippen LogP contribution is -2.46. The third kappa shape index (κ3) is 4.62. The van der Waals surface area contributed by atoms with Gasteiger partial charge in [-0.1, -0.05) is 35.5 Å². The van der Waals surface area contributed by atoms with E-state index in [0.717, 1.165) is 16.1 Å². The molecular weight excluding hydrogens is 436 g/mol. The molecule has 0 fully saturated rings. The van der Waals surface area contributed by atoms with E-state index in [0.29, 0.717) is 16.4 Å². The first-order valence-corrected chi connectivity index (χ1v) is 11.4. The Bertz CT molecular complexity index is 1110. The van der Waals surface area contributed by atoms with Crippen LogP contribution < -0.4 is 10.6 Å². The van der Waals surface area contributed by atoms with Gasteiger partial charge in [-0.3, -0.25) is 0 Å². The highest BCUT2D eigenvalue weighted by Gasteiger charge is 2.34. The van der Waals surface area contributed by atoms with E-state index in [4.69, 9.17) is 4.74 Å². The average molecular weight is 457 g/mol. The summed E-state index contributed by atoms with van der Waals surface area (Å²) >= 11 is 2.78. The number of carbonyl (C=O) groups excluding carboxylic acids is 2. The number of carbonyl (C=O) groups is 2. The zero-order chi connectivity index (χ0) is 21.8. The van der Waals surface area contributed by atoms with Crippen LogP contribution in [0.25, 0.3) is 5.69 Å². The Morgan fingerprint density at radius 2 is 2.10 bits per heavy atom. The highest BCUT2D eigenvalue weighted by atomic mass is 32.2. The van der Waals surface area contributed by atoms with Gasteiger partial charge >= 0.3 is 12.0 Å². The Hall–Kier alpha value is -3.18. The minimum atomic E-state index is -0.573. The molecule has 3 aromatic rings. The highest BCUT2D eigenvalue weighted by molar-refractivity contribution is 7.99. The van der Waals surface area contributed by atoms with Crippen molar-refractivity contribution < 1.29 is 14.3 Å². The fourth-order valence-electron chi connectivity index (χ4n) is 3.10. The average Bonchev–Trinajstić information content (AvgIpc) is 3.45. The molecule has 160 valence electrons. The molecule has 1 aromatic carbocycles. The smallest absolute Gasteiger partial charge is 0.338 e. The number of esters is 1. The van der Waals surface area contributed by atoms with Gasteiger partial charge in [0.2, 0.25) is 5.16 Å². The van der Waals surface area contributed by atoms with Crippen LogP contribution in [0.5, 0.6) is 0 Å². The van der Waals surface area contributed by atoms with E-state index < -0.39 is 12.0 Å². The number of thioether (sulfide) groups is 1. The van der Waals surface area contributed by atoms with Crippen molar-refractivity contribution in [1.29, 1.82) is 0 Å². The van der Waals surface area contributed by atoms with Crippen LogP contribution in [0.15, 0.2) is 58.2 Å². The number of aryl methyl sites for hydroxylation is 1. The first-order valence-electron chi connectivity index (χ1n) is 9.56. The molecule has 1 aliphatic rings. The second kappa shape index (κ2) is 9.31. The molecule has 0 radical (unpaired) electrons. The topological polar surface area (TPSA) is 111 Å². The molecule has 4 rings (SSSR count). The van der Waals surface area contributed by atoms with Gasteiger partial charge in [-0.25, -0.2) is 9.59 Å². The molecule has 2 N–H and O–H groups in total. The van der Waals surface area contributed by atoms with Crippen molar-refractivity contribution in [3.63, 3.8) is 0 Å². The van der Waals surface area contributed by atoms with E-state index in [-0.39, 0.29) is 18.4 Å². The molecule has 1 atom stereocenters. The van der Waals surface area contributed by atoms with E-state index in [1.165, 1.54) is 23.1 Å². The number of hydrogen-bond donors (Lipinski definition) is 2. The van der Waals surface area contributed by atoms with Gasteiger partial charge in [0.15, 0.2) is 0 Å². The summed E-state index contributed by atoms with van der Waals surface area (Å²) in [5.74, 6) is -0.183. The number of thiophene rings is 1. The molecule has 1 aliphatic heterocycles. The fourth-order valence-corrected chi connectivity index (χ4v) is 4.75. The van der Waals surface area contributed by atoms with Crippen LogP contribution in [0.3, 0.4) is 0 Å². The summed E-state index contributed by atoms with van der Waals surface area (Å²) < 4.78 is 6.90. The number of nitrogens with zero attached hydrogens (tertiary/aromatic N) is 4. The van der Waals surface area contributed by atoms with Crippen LogP contribution in [0, 0.1) is 6.92 Å². The van der Waals surface area contributed by atoms with E-state index in [2.05, 4.69) is 26.2 Å². The third-order valence-electron chi connectivity index (χ3n) is 4.54. The Morgan fingerprint density at radius 1 is 1.29 bits per heavy atom. The molecule has 2 amide bonds. The van der Waals surface area contributed by atoms with Gasteiger partial charge in [-0.05, 0) is 47.9 Å². The molecule has 0 aliphatic carbocycles. The van der Waals surface area contributed by atoms with Gasteiger partial charge in [0.05, 0.1) is 23.9 Å². The van der Waals surface area contributed by atoms with Gasteiger partial charge in [0.1, 0.15) is 0 Å². The number of urea groups is 1. The first kappa shape index (κ1) is 21.1. The van der Waals surface area contributed by atoms with Gasteiger partial charge in [-0.2, -0.15) is 4.68 Å². The molecule has 2 aromatic heterocycles. The molecule has 31 heavy (non-hydrogen) atoms. The fraction of sp³-hybridized carbons (Fsp3) is 0.250. The van der Waals surface area contributed by atoms with E-state index in [1.54, 1.807) is 11.6 Å². The standard InChI is InChI=1S/C20H20N6O3S2/c1-3-29-18(27)16-14(21-19(28)22-17(16)15-5-4-10-30-15)11-31-20-23-24-25-26(20)13-8-6-12(2)7-9-13/h4-10,17H,3,11H2,1-2H3,(H2,21,22,28)/t17-/m0/s1. The number of hydrogen-bond acceptors (Lipinski definition) is 8. The summed E-state index contributed by atoms with van der Waals surface area (Å²) in [7, 11) is 0. The maximum atomic E-state index is 12.8. The first-order chi connectivity index (χ1) is 15.1. The monoisotopic (exact) mass is 456 g/mol. The van der Waals surface area contributed by atoms with Crippen molar-refractivity contribution in [2.75, 3.05) is 12.4 Å². The number of nitrogens with one attached hydrogen (secondary N) is 2. The summed E-state index contributed by atoms with van der Waals surface area (Å²) in [6.07, 6.45) is 0. The van der Waals surface area contributed by atoms with E-state index in [1.807, 2.05) is 48.7 Å². The lowest BCUT2D eigenvalue weighted by atomic mass is 10.0. The van der Waals surface area contributed by atoms with Crippen LogP contribution >= 0.6 is 23.1 Å². The molecule has 0 unspecified atom stereocenters. The van der Waals surface area contributed by atoms with E-state index >= 15 is 0 Å². The zero-order valence-electron chi connectivity index (χ0n) is 16.9. The van der Waals surface area contributed by atoms with Crippen LogP contribution in [0.4, 0.5) is 4.79 Å². The molecule has 0 saturated heterocycles. The second-order valence-electron chi connectivity index (χ2n) is 6.66. The van der Waals surface area contributed by atoms with Crippen LogP contribution in [0.2, 0.25) is 0 Å². The van der Waals surface area contributed by atoms with Crippen molar-refractivity contribution in [2.24, 2.45) is 0 Å². The molecule has 0 saturated carbocycles. The van der Waals surface area contributed by atoms with Gasteiger partial charge in [0, 0.05) is 16.3 Å². The maximum absolute atomic E-state index is 12.8. The lowest BCUT2D eigenvalue weighted by molar-refractivity contribution is -0.139. The number of tetrazole rings is 1. The highest BCUT2D eigenvalue weighted by Crippen LogP contribution is 2.32. The SMILES string of the molecule is CCOC(=O)C1=C(CSc2nnnn2-c2ccc(C)cc2)NC(=O)N[C@H]1c1cccs1. The van der Waals surface area contributed by atoms with Crippen molar-refractivity contribution >= 4 is 35.1 Å². The van der Waals surface area contributed by atoms with Crippen molar-refractivity contribution in [2.45, 2.75) is 25.0 Å². The summed E-state index contributed by atoms with van der Waals surface area (Å²) in [5.41, 5.74) is 2.81. The van der Waals surface area contributed by atoms with Gasteiger partial charge < -0.3 is 15.4 Å². The minimum Gasteiger partial charge on any atom is -0.463 e. The number of ether oxygens (including phenoxy) is 1. The predicted molar refractivity (Wildman–Crippen MR) is 117 cm³/mol. The Kier molecular flexibility index (Phi) is 6.33. The molecule has 0 bridgehead atoms. The Morgan fingerprint density at radius 3 is 2.81 bits per heavy atom. The van der Waals surface area contributed by atoms with Crippen molar-refractivity contribution in [3.8, 4) is 5.69 Å². The molecular formula is C20H20N6O3S2. The number of aromatic nitrogens is 4. The summed E-state index contributed by atoms with van der Waals surface area (Å²) in [6.45, 7) is 3.99. The van der Waals surface area contributed by atoms with Crippen molar-refractivity contribution in [3.05, 3.63) is 63.5 Å². The lowest BCUT2D eigenvalue weighted by Gasteiger charge is -2.28. The second-order valence-corrected chi connectivity index (χ2v) is 8.58. The minimum absolute atomic E-state index is 0.236. The summed E-state index contributed by atoms with van der Waals surface area (Å²) in [6, 6.07) is 10.6. The molecule has 11 heteroatoms. The largest absolute Gasteiger partial charge is 0.463 e. The predicted octanol–water partition coefficient (Wildman–Crippen LogP) is 3.00. The van der Waals surface area contributed by atoms with Crippen molar-refractivity contribution in [1.82, 2.24) is 30.8 Å². The van der Waals surface area contributed by atoms with Crippen LogP contribution in [0.1, 0.15) is 23.4 Å². The Balaban J connectivity index is 1.64. The molecule has 9 nitrogen and oxygen atoms in total. The number of benzene rings is 1. The van der Waals surface area contributed by atoms with E-state index in [9.17, 15) is 9.59 Å². The zero-order valence-corrected chi connectivity index (χ0v) is 18.5. The molecule has 3 heterocycles. The number of amides is 2. The van der Waals surface area contributed by atoms with Crippen LogP contribution in [-0.4, -0.2) is 44.6 Å². The quantitative estimate of drug-likeness (QED) is 0.415. The number of rotatable bonds is 7. The summed E-state index contributed by atoms with van der Waals surface area (Å²) in [5, 5.41) is 20.0. The third-order valence-corrected chi connectivity index (χ3v) is 6.42. The van der Waals surface area contributed by atoms with Crippen LogP contribution in [-0.2, 0) is 9.53 Å². The summed E-state index contributed by atoms with van der Waals surface area (Å²) in [4.78, 5) is 26.0. The maximum Gasteiger partial charge on any atom is 0.338 e. The normalized spacial score (nSPS) is 16.1. The van der Waals surface area contributed by atoms with Gasteiger partial charge in [-0.15, -0.1) is 16.4 Å². The van der Waals surface area contributed by atoms with Gasteiger partial charge in [0.25, 0.3) is 0 Å².